The summed E-state index contributed by atoms with van der Waals surface area (Å²) in [5, 5.41) is 31.6. The molecule has 1 atom stereocenters. The van der Waals surface area contributed by atoms with Crippen molar-refractivity contribution in [3.8, 4) is 11.5 Å². The summed E-state index contributed by atoms with van der Waals surface area (Å²) >= 11 is 0. The summed E-state index contributed by atoms with van der Waals surface area (Å²) in [5.74, 6) is -1.39. The van der Waals surface area contributed by atoms with Crippen LogP contribution >= 0.6 is 0 Å². The Morgan fingerprint density at radius 2 is 1.71 bits per heavy atom. The summed E-state index contributed by atoms with van der Waals surface area (Å²) < 4.78 is 0. The molecule has 1 aromatic carbocycles. The van der Waals surface area contributed by atoms with Gasteiger partial charge in [0.05, 0.1) is 0 Å². The van der Waals surface area contributed by atoms with Crippen LogP contribution in [0.1, 0.15) is 26.3 Å². The van der Waals surface area contributed by atoms with Crippen LogP contribution in [0.3, 0.4) is 0 Å². The molecule has 6 heteroatoms. The number of phenols is 2. The molecule has 118 valence electrons. The molecule has 0 heterocycles. The Kier molecular flexibility index (Phi) is 5.99. The lowest BCUT2D eigenvalue weighted by Crippen LogP contribution is -2.49. The molecule has 0 aliphatic heterocycles. The lowest BCUT2D eigenvalue weighted by atomic mass is 9.91. The van der Waals surface area contributed by atoms with Gasteiger partial charge in [0.1, 0.15) is 17.0 Å². The highest BCUT2D eigenvalue weighted by Crippen LogP contribution is 2.29. The van der Waals surface area contributed by atoms with Crippen LogP contribution < -0.4 is 5.32 Å². The molecule has 1 unspecified atom stereocenters. The molecule has 0 spiro atoms. The fourth-order valence-corrected chi connectivity index (χ4v) is 2.19. The number of nitrogens with zero attached hydrogens (tertiary/aromatic N) is 1. The van der Waals surface area contributed by atoms with Crippen LogP contribution in [0.5, 0.6) is 11.5 Å². The summed E-state index contributed by atoms with van der Waals surface area (Å²) in [6.07, 6.45) is 0. The number of likely N-dealkylation sites (N-methyl/N-ethyl adjacent to an activating group) is 1. The Hall–Kier alpha value is -1.79. The van der Waals surface area contributed by atoms with Crippen molar-refractivity contribution in [3.63, 3.8) is 0 Å². The maximum Gasteiger partial charge on any atom is 0.328 e. The fraction of sp³-hybridized carbons (Fsp3) is 0.533. The van der Waals surface area contributed by atoms with Crippen molar-refractivity contribution in [1.29, 1.82) is 0 Å². The van der Waals surface area contributed by atoms with E-state index in [0.717, 1.165) is 19.6 Å². The van der Waals surface area contributed by atoms with Crippen molar-refractivity contribution in [2.24, 2.45) is 0 Å². The number of benzene rings is 1. The number of rotatable bonds is 8. The zero-order chi connectivity index (χ0) is 16.0. The maximum atomic E-state index is 11.6. The Morgan fingerprint density at radius 1 is 1.19 bits per heavy atom. The molecule has 1 aromatic rings. The van der Waals surface area contributed by atoms with Gasteiger partial charge < -0.3 is 20.2 Å². The number of carboxylic acid groups (broad SMARTS) is 1. The van der Waals surface area contributed by atoms with Crippen molar-refractivity contribution in [1.82, 2.24) is 10.2 Å². The number of nitrogens with one attached hydrogen (secondary N) is 1. The molecule has 0 saturated carbocycles. The Morgan fingerprint density at radius 3 is 2.14 bits per heavy atom. The molecule has 0 saturated heterocycles. The van der Waals surface area contributed by atoms with Crippen molar-refractivity contribution >= 4 is 5.97 Å². The quantitative estimate of drug-likeness (QED) is 0.578. The molecule has 4 N–H and O–H groups in total. The molecule has 0 aromatic heterocycles. The number of carbonyl (C=O) groups is 1. The number of phenolic OH excluding ortho intramolecular Hbond substituents is 2. The molecular formula is C15H24N2O4. The summed E-state index contributed by atoms with van der Waals surface area (Å²) in [7, 11) is 0. The Balaban J connectivity index is 2.90. The lowest BCUT2D eigenvalue weighted by molar-refractivity contribution is -0.144. The third-order valence-electron chi connectivity index (χ3n) is 3.71. The summed E-state index contributed by atoms with van der Waals surface area (Å²) in [6.45, 7) is 8.62. The largest absolute Gasteiger partial charge is 0.508 e. The van der Waals surface area contributed by atoms with Crippen LogP contribution in [-0.2, 0) is 10.3 Å². The molecule has 1 rings (SSSR count). The topological polar surface area (TPSA) is 93.0 Å². The second-order valence-corrected chi connectivity index (χ2v) is 5.12. The fourth-order valence-electron chi connectivity index (χ4n) is 2.19. The minimum absolute atomic E-state index is 0.164. The third-order valence-corrected chi connectivity index (χ3v) is 3.71. The van der Waals surface area contributed by atoms with Gasteiger partial charge in [0.2, 0.25) is 0 Å². The predicted octanol–water partition coefficient (Wildman–Crippen LogP) is 1.33. The third kappa shape index (κ3) is 4.34. The number of aromatic hydroxyl groups is 2. The first-order valence-corrected chi connectivity index (χ1v) is 7.07. The van der Waals surface area contributed by atoms with E-state index in [0.29, 0.717) is 12.1 Å². The first kappa shape index (κ1) is 17.3. The number of aliphatic carboxylic acids is 1. The van der Waals surface area contributed by atoms with Crippen LogP contribution in [0.2, 0.25) is 0 Å². The second-order valence-electron chi connectivity index (χ2n) is 5.12. The zero-order valence-electron chi connectivity index (χ0n) is 12.8. The van der Waals surface area contributed by atoms with Crippen LogP contribution in [-0.4, -0.2) is 52.4 Å². The van der Waals surface area contributed by atoms with Crippen molar-refractivity contribution < 1.29 is 20.1 Å². The van der Waals surface area contributed by atoms with E-state index in [1.165, 1.54) is 25.1 Å². The van der Waals surface area contributed by atoms with E-state index in [4.69, 9.17) is 0 Å². The average Bonchev–Trinajstić information content (AvgIpc) is 2.42. The van der Waals surface area contributed by atoms with Gasteiger partial charge in [-0.1, -0.05) is 13.8 Å². The molecule has 21 heavy (non-hydrogen) atoms. The minimum atomic E-state index is -1.37. The molecule has 0 fully saturated rings. The van der Waals surface area contributed by atoms with Gasteiger partial charge in [-0.15, -0.1) is 0 Å². The van der Waals surface area contributed by atoms with Gasteiger partial charge in [-0.25, -0.2) is 4.79 Å². The molecule has 0 aliphatic carbocycles. The lowest BCUT2D eigenvalue weighted by Gasteiger charge is -2.28. The van der Waals surface area contributed by atoms with Crippen LogP contribution in [0, 0.1) is 0 Å². The van der Waals surface area contributed by atoms with E-state index >= 15 is 0 Å². The van der Waals surface area contributed by atoms with E-state index in [2.05, 4.69) is 10.2 Å². The molecular weight excluding hydrogens is 272 g/mol. The molecule has 0 radical (unpaired) electrons. The van der Waals surface area contributed by atoms with E-state index in [1.807, 2.05) is 13.8 Å². The Labute approximate surface area is 125 Å². The van der Waals surface area contributed by atoms with Gasteiger partial charge in [0.25, 0.3) is 0 Å². The predicted molar refractivity (Wildman–Crippen MR) is 80.6 cm³/mol. The highest BCUT2D eigenvalue weighted by Gasteiger charge is 2.35. The number of carboxylic acids is 1. The minimum Gasteiger partial charge on any atom is -0.508 e. The smallest absolute Gasteiger partial charge is 0.328 e. The van der Waals surface area contributed by atoms with Crippen LogP contribution in [0.25, 0.3) is 0 Å². The second kappa shape index (κ2) is 7.28. The highest BCUT2D eigenvalue weighted by molar-refractivity contribution is 5.80. The zero-order valence-corrected chi connectivity index (χ0v) is 12.8. The SMILES string of the molecule is CCN(CC)CCNC(C)(C(=O)O)c1cc(O)cc(O)c1. The van der Waals surface area contributed by atoms with Gasteiger partial charge in [-0.2, -0.15) is 0 Å². The van der Waals surface area contributed by atoms with E-state index in [9.17, 15) is 20.1 Å². The van der Waals surface area contributed by atoms with Gasteiger partial charge in [0, 0.05) is 19.2 Å². The molecule has 0 aliphatic rings. The summed E-state index contributed by atoms with van der Waals surface area (Å²) in [4.78, 5) is 13.8. The van der Waals surface area contributed by atoms with Crippen molar-refractivity contribution in [3.05, 3.63) is 23.8 Å². The van der Waals surface area contributed by atoms with E-state index < -0.39 is 11.5 Å². The Bertz CT molecular complexity index is 468. The number of hydrogen-bond acceptors (Lipinski definition) is 5. The van der Waals surface area contributed by atoms with Crippen LogP contribution in [0.4, 0.5) is 0 Å². The van der Waals surface area contributed by atoms with Crippen molar-refractivity contribution in [2.45, 2.75) is 26.3 Å². The van der Waals surface area contributed by atoms with Gasteiger partial charge >= 0.3 is 5.97 Å². The average molecular weight is 296 g/mol. The molecule has 0 amide bonds. The van der Waals surface area contributed by atoms with E-state index in [1.54, 1.807) is 0 Å². The molecule has 0 bridgehead atoms. The van der Waals surface area contributed by atoms with Gasteiger partial charge in [0.15, 0.2) is 0 Å². The standard InChI is InChI=1S/C15H24N2O4/c1-4-17(5-2)7-6-16-15(3,14(20)21)11-8-12(18)10-13(19)9-11/h8-10,16,18-19H,4-7H2,1-3H3,(H,20,21). The first-order valence-electron chi connectivity index (χ1n) is 7.07. The van der Waals surface area contributed by atoms with Gasteiger partial charge in [-0.05, 0) is 37.7 Å². The highest BCUT2D eigenvalue weighted by atomic mass is 16.4. The molecule has 6 nitrogen and oxygen atoms in total. The normalized spacial score (nSPS) is 14.1. The van der Waals surface area contributed by atoms with Crippen molar-refractivity contribution in [2.75, 3.05) is 26.2 Å². The van der Waals surface area contributed by atoms with Gasteiger partial charge in [-0.3, -0.25) is 5.32 Å². The first-order chi connectivity index (χ1) is 9.83. The van der Waals surface area contributed by atoms with E-state index in [-0.39, 0.29) is 11.5 Å². The van der Waals surface area contributed by atoms with Crippen LogP contribution in [0.15, 0.2) is 18.2 Å². The summed E-state index contributed by atoms with van der Waals surface area (Å²) in [5.41, 5.74) is -1.06. The number of hydrogen-bond donors (Lipinski definition) is 4. The monoisotopic (exact) mass is 296 g/mol. The maximum absolute atomic E-state index is 11.6. The summed E-state index contributed by atoms with van der Waals surface area (Å²) in [6, 6.07) is 3.86.